The van der Waals surface area contributed by atoms with Crippen LogP contribution < -0.4 is 5.32 Å². The van der Waals surface area contributed by atoms with Gasteiger partial charge in [0.1, 0.15) is 4.64 Å². The van der Waals surface area contributed by atoms with Crippen LogP contribution in [0.5, 0.6) is 0 Å². The molecule has 0 aliphatic heterocycles. The first-order valence-corrected chi connectivity index (χ1v) is 6.65. The third kappa shape index (κ3) is 3.53. The van der Waals surface area contributed by atoms with E-state index in [9.17, 15) is 4.79 Å². The second kappa shape index (κ2) is 6.98. The standard InChI is InChI=1S/C15H16N2O2S/c1-19-10-12-6-3-2-5-11(12)9-17-14(18)13-7-4-8-16-15(13)20/h2-8H,9-10H2,1H3,(H,16,20)(H,17,18). The fourth-order valence-corrected chi connectivity index (χ4v) is 2.13. The Labute approximate surface area is 122 Å². The molecule has 1 amide bonds. The van der Waals surface area contributed by atoms with Crippen LogP contribution in [0.3, 0.4) is 0 Å². The van der Waals surface area contributed by atoms with Gasteiger partial charge >= 0.3 is 0 Å². The number of pyridine rings is 1. The number of methoxy groups -OCH3 is 1. The molecule has 0 spiro atoms. The minimum Gasteiger partial charge on any atom is -0.380 e. The van der Waals surface area contributed by atoms with Crippen molar-refractivity contribution in [1.29, 1.82) is 0 Å². The van der Waals surface area contributed by atoms with Crippen molar-refractivity contribution in [3.63, 3.8) is 0 Å². The summed E-state index contributed by atoms with van der Waals surface area (Å²) in [5, 5.41) is 2.87. The van der Waals surface area contributed by atoms with Crippen molar-refractivity contribution in [3.05, 3.63) is 63.9 Å². The summed E-state index contributed by atoms with van der Waals surface area (Å²) in [5.74, 6) is -0.181. The van der Waals surface area contributed by atoms with Gasteiger partial charge in [-0.3, -0.25) is 4.79 Å². The molecule has 0 saturated heterocycles. The number of amides is 1. The Morgan fingerprint density at radius 3 is 2.70 bits per heavy atom. The Bertz CT molecular complexity index is 652. The van der Waals surface area contributed by atoms with Gasteiger partial charge in [0.25, 0.3) is 5.91 Å². The van der Waals surface area contributed by atoms with Crippen LogP contribution >= 0.6 is 12.2 Å². The highest BCUT2D eigenvalue weighted by Crippen LogP contribution is 2.10. The predicted octanol–water partition coefficient (Wildman–Crippen LogP) is 2.82. The number of ether oxygens (including phenoxy) is 1. The average molecular weight is 288 g/mol. The maximum Gasteiger partial charge on any atom is 0.254 e. The first-order chi connectivity index (χ1) is 9.72. The molecule has 5 heteroatoms. The predicted molar refractivity (Wildman–Crippen MR) is 80.0 cm³/mol. The lowest BCUT2D eigenvalue weighted by Crippen LogP contribution is -2.24. The highest BCUT2D eigenvalue weighted by Gasteiger charge is 2.08. The zero-order chi connectivity index (χ0) is 14.4. The molecular formula is C15H16N2O2S. The van der Waals surface area contributed by atoms with E-state index in [-0.39, 0.29) is 5.91 Å². The molecule has 4 nitrogen and oxygen atoms in total. The summed E-state index contributed by atoms with van der Waals surface area (Å²) in [6.45, 7) is 0.972. The molecule has 104 valence electrons. The number of H-pyrrole nitrogens is 1. The van der Waals surface area contributed by atoms with Gasteiger partial charge in [-0.1, -0.05) is 36.5 Å². The normalized spacial score (nSPS) is 10.2. The molecule has 2 N–H and O–H groups in total. The zero-order valence-electron chi connectivity index (χ0n) is 11.2. The molecule has 2 aromatic rings. The highest BCUT2D eigenvalue weighted by molar-refractivity contribution is 7.71. The highest BCUT2D eigenvalue weighted by atomic mass is 32.1. The van der Waals surface area contributed by atoms with Gasteiger partial charge in [-0.2, -0.15) is 0 Å². The molecule has 0 aliphatic carbocycles. The molecule has 2 rings (SSSR count). The lowest BCUT2D eigenvalue weighted by molar-refractivity contribution is 0.0949. The Balaban J connectivity index is 2.08. The minimum absolute atomic E-state index is 0.181. The first-order valence-electron chi connectivity index (χ1n) is 6.24. The van der Waals surface area contributed by atoms with Gasteiger partial charge in [0.05, 0.1) is 12.2 Å². The molecular weight excluding hydrogens is 272 g/mol. The monoisotopic (exact) mass is 288 g/mol. The van der Waals surface area contributed by atoms with E-state index in [0.29, 0.717) is 23.4 Å². The molecule has 0 fully saturated rings. The maximum absolute atomic E-state index is 12.1. The number of carbonyl (C=O) groups is 1. The largest absolute Gasteiger partial charge is 0.380 e. The summed E-state index contributed by atoms with van der Waals surface area (Å²) in [5.41, 5.74) is 2.58. The lowest BCUT2D eigenvalue weighted by Gasteiger charge is -2.10. The summed E-state index contributed by atoms with van der Waals surface area (Å²) in [7, 11) is 1.65. The second-order valence-corrected chi connectivity index (χ2v) is 4.71. The number of nitrogens with one attached hydrogen (secondary N) is 2. The third-order valence-electron chi connectivity index (χ3n) is 2.92. The molecule has 0 radical (unpaired) electrons. The average Bonchev–Trinajstić information content (AvgIpc) is 2.47. The SMILES string of the molecule is COCc1ccccc1CNC(=O)c1ccc[nH]c1=S. The Hall–Kier alpha value is -1.98. The summed E-state index contributed by atoms with van der Waals surface area (Å²) < 4.78 is 5.58. The van der Waals surface area contributed by atoms with Gasteiger partial charge < -0.3 is 15.0 Å². The molecule has 1 aromatic carbocycles. The molecule has 1 aromatic heterocycles. The number of rotatable bonds is 5. The van der Waals surface area contributed by atoms with Crippen LogP contribution in [0, 0.1) is 4.64 Å². The molecule has 20 heavy (non-hydrogen) atoms. The van der Waals surface area contributed by atoms with Gasteiger partial charge in [0.15, 0.2) is 0 Å². The molecule has 1 heterocycles. The van der Waals surface area contributed by atoms with Gasteiger partial charge in [-0.15, -0.1) is 0 Å². The summed E-state index contributed by atoms with van der Waals surface area (Å²) >= 11 is 5.09. The number of aromatic amines is 1. The zero-order valence-corrected chi connectivity index (χ0v) is 12.0. The van der Waals surface area contributed by atoms with Crippen LogP contribution in [-0.4, -0.2) is 18.0 Å². The molecule has 0 aliphatic rings. The number of benzene rings is 1. The first kappa shape index (κ1) is 14.4. The fourth-order valence-electron chi connectivity index (χ4n) is 1.90. The van der Waals surface area contributed by atoms with E-state index in [2.05, 4.69) is 10.3 Å². The Morgan fingerprint density at radius 2 is 2.00 bits per heavy atom. The van der Waals surface area contributed by atoms with E-state index in [4.69, 9.17) is 17.0 Å². The Morgan fingerprint density at radius 1 is 1.25 bits per heavy atom. The molecule has 0 bridgehead atoms. The quantitative estimate of drug-likeness (QED) is 0.832. The second-order valence-electron chi connectivity index (χ2n) is 4.30. The minimum atomic E-state index is -0.181. The summed E-state index contributed by atoms with van der Waals surface area (Å²) in [6, 6.07) is 11.3. The van der Waals surface area contributed by atoms with E-state index in [1.807, 2.05) is 24.3 Å². The van der Waals surface area contributed by atoms with Gasteiger partial charge in [0, 0.05) is 19.9 Å². The van der Waals surface area contributed by atoms with Crippen molar-refractivity contribution in [2.45, 2.75) is 13.2 Å². The molecule has 0 saturated carbocycles. The van der Waals surface area contributed by atoms with Crippen molar-refractivity contribution in [2.24, 2.45) is 0 Å². The summed E-state index contributed by atoms with van der Waals surface area (Å²) in [6.07, 6.45) is 1.70. The van der Waals surface area contributed by atoms with Crippen LogP contribution in [0.4, 0.5) is 0 Å². The number of aromatic nitrogens is 1. The van der Waals surface area contributed by atoms with Crippen LogP contribution in [-0.2, 0) is 17.9 Å². The van der Waals surface area contributed by atoms with Crippen molar-refractivity contribution >= 4 is 18.1 Å². The van der Waals surface area contributed by atoms with Crippen molar-refractivity contribution < 1.29 is 9.53 Å². The van der Waals surface area contributed by atoms with E-state index < -0.39 is 0 Å². The third-order valence-corrected chi connectivity index (χ3v) is 3.26. The topological polar surface area (TPSA) is 54.1 Å². The Kier molecular flexibility index (Phi) is 5.03. The van der Waals surface area contributed by atoms with E-state index in [0.717, 1.165) is 11.1 Å². The van der Waals surface area contributed by atoms with E-state index >= 15 is 0 Å². The van der Waals surface area contributed by atoms with Gasteiger partial charge in [0.2, 0.25) is 0 Å². The number of hydrogen-bond acceptors (Lipinski definition) is 3. The van der Waals surface area contributed by atoms with Crippen LogP contribution in [0.1, 0.15) is 21.5 Å². The number of hydrogen-bond donors (Lipinski definition) is 2. The van der Waals surface area contributed by atoms with Crippen molar-refractivity contribution in [3.8, 4) is 0 Å². The van der Waals surface area contributed by atoms with Crippen molar-refractivity contribution in [2.75, 3.05) is 7.11 Å². The van der Waals surface area contributed by atoms with Crippen LogP contribution in [0.15, 0.2) is 42.6 Å². The smallest absolute Gasteiger partial charge is 0.254 e. The number of carbonyl (C=O) groups excluding carboxylic acids is 1. The van der Waals surface area contributed by atoms with E-state index in [1.54, 1.807) is 25.4 Å². The summed E-state index contributed by atoms with van der Waals surface area (Å²) in [4.78, 5) is 14.9. The lowest BCUT2D eigenvalue weighted by atomic mass is 10.1. The molecule has 0 unspecified atom stereocenters. The van der Waals surface area contributed by atoms with Crippen LogP contribution in [0.2, 0.25) is 0 Å². The fraction of sp³-hybridized carbons (Fsp3) is 0.200. The van der Waals surface area contributed by atoms with Crippen molar-refractivity contribution in [1.82, 2.24) is 10.3 Å². The maximum atomic E-state index is 12.1. The van der Waals surface area contributed by atoms with Crippen LogP contribution in [0.25, 0.3) is 0 Å². The van der Waals surface area contributed by atoms with Gasteiger partial charge in [-0.05, 0) is 23.3 Å². The molecule has 0 atom stereocenters. The van der Waals surface area contributed by atoms with E-state index in [1.165, 1.54) is 0 Å². The van der Waals surface area contributed by atoms with Gasteiger partial charge in [-0.25, -0.2) is 0 Å².